The number of aromatic nitrogens is 2. The molecule has 0 fully saturated rings. The van der Waals surface area contributed by atoms with Crippen LogP contribution in [0, 0.1) is 0 Å². The van der Waals surface area contributed by atoms with E-state index in [2.05, 4.69) is 10.3 Å². The van der Waals surface area contributed by atoms with Crippen molar-refractivity contribution in [3.05, 3.63) is 70.3 Å². The van der Waals surface area contributed by atoms with Gasteiger partial charge in [0.25, 0.3) is 11.5 Å². The minimum Gasteiger partial charge on any atom is -0.486 e. The SMILES string of the molecule is CC(NC(=O)c1cnc2ccccn2c1=O)c1ccc2c(c1)OCCO2. The highest BCUT2D eigenvalue weighted by Crippen LogP contribution is 2.32. The Morgan fingerprint density at radius 2 is 2.00 bits per heavy atom. The fraction of sp³-hybridized carbons (Fsp3) is 0.211. The maximum absolute atomic E-state index is 12.6. The summed E-state index contributed by atoms with van der Waals surface area (Å²) in [6.45, 7) is 2.86. The Morgan fingerprint density at radius 1 is 1.19 bits per heavy atom. The molecule has 1 unspecified atom stereocenters. The topological polar surface area (TPSA) is 81.9 Å². The predicted molar refractivity (Wildman–Crippen MR) is 94.8 cm³/mol. The minimum atomic E-state index is -0.469. The molecule has 1 aliphatic heterocycles. The van der Waals surface area contributed by atoms with Gasteiger partial charge in [-0.1, -0.05) is 12.1 Å². The van der Waals surface area contributed by atoms with Crippen LogP contribution in [0.25, 0.3) is 5.65 Å². The molecule has 3 aromatic rings. The lowest BCUT2D eigenvalue weighted by molar-refractivity contribution is 0.0937. The van der Waals surface area contributed by atoms with E-state index in [-0.39, 0.29) is 11.6 Å². The molecule has 4 rings (SSSR count). The van der Waals surface area contributed by atoms with E-state index in [1.54, 1.807) is 24.4 Å². The average Bonchev–Trinajstić information content (AvgIpc) is 2.68. The molecule has 0 saturated carbocycles. The monoisotopic (exact) mass is 351 g/mol. The molecule has 1 aliphatic rings. The second-order valence-electron chi connectivity index (χ2n) is 6.00. The maximum atomic E-state index is 12.6. The van der Waals surface area contributed by atoms with E-state index in [9.17, 15) is 9.59 Å². The van der Waals surface area contributed by atoms with Gasteiger partial charge in [-0.2, -0.15) is 0 Å². The number of rotatable bonds is 3. The van der Waals surface area contributed by atoms with Crippen LogP contribution >= 0.6 is 0 Å². The number of carbonyl (C=O) groups excluding carboxylic acids is 1. The van der Waals surface area contributed by atoms with Crippen LogP contribution in [0.3, 0.4) is 0 Å². The van der Waals surface area contributed by atoms with Crippen LogP contribution in [0.4, 0.5) is 0 Å². The number of benzene rings is 1. The smallest absolute Gasteiger partial charge is 0.270 e. The third kappa shape index (κ3) is 2.88. The number of ether oxygens (including phenoxy) is 2. The third-order valence-corrected chi connectivity index (χ3v) is 4.27. The van der Waals surface area contributed by atoms with E-state index in [0.717, 1.165) is 5.56 Å². The zero-order valence-corrected chi connectivity index (χ0v) is 14.1. The molecule has 7 nitrogen and oxygen atoms in total. The Bertz CT molecular complexity index is 1040. The Morgan fingerprint density at radius 3 is 2.85 bits per heavy atom. The molecule has 3 heterocycles. The lowest BCUT2D eigenvalue weighted by Crippen LogP contribution is -2.33. The van der Waals surface area contributed by atoms with Crippen molar-refractivity contribution in [3.8, 4) is 11.5 Å². The average molecular weight is 351 g/mol. The molecule has 1 amide bonds. The Balaban J connectivity index is 1.58. The Hall–Kier alpha value is -3.35. The highest BCUT2D eigenvalue weighted by atomic mass is 16.6. The molecule has 7 heteroatoms. The molecule has 0 saturated heterocycles. The predicted octanol–water partition coefficient (Wildman–Crippen LogP) is 1.96. The fourth-order valence-corrected chi connectivity index (χ4v) is 2.87. The minimum absolute atomic E-state index is 0.00177. The largest absolute Gasteiger partial charge is 0.486 e. The molecule has 1 aromatic carbocycles. The van der Waals surface area contributed by atoms with Gasteiger partial charge in [-0.15, -0.1) is 0 Å². The number of carbonyl (C=O) groups is 1. The van der Waals surface area contributed by atoms with E-state index >= 15 is 0 Å². The first-order valence-corrected chi connectivity index (χ1v) is 8.30. The van der Waals surface area contributed by atoms with E-state index in [1.807, 2.05) is 25.1 Å². The van der Waals surface area contributed by atoms with Crippen molar-refractivity contribution in [2.45, 2.75) is 13.0 Å². The highest BCUT2D eigenvalue weighted by Gasteiger charge is 2.18. The lowest BCUT2D eigenvalue weighted by Gasteiger charge is -2.21. The van der Waals surface area contributed by atoms with Crippen molar-refractivity contribution in [2.24, 2.45) is 0 Å². The molecule has 0 bridgehead atoms. The van der Waals surface area contributed by atoms with Gasteiger partial charge in [0.2, 0.25) is 0 Å². The Labute approximate surface area is 149 Å². The molecule has 0 aliphatic carbocycles. The van der Waals surface area contributed by atoms with Crippen LogP contribution in [-0.4, -0.2) is 28.5 Å². The number of fused-ring (bicyclic) bond motifs is 2. The fourth-order valence-electron chi connectivity index (χ4n) is 2.87. The second-order valence-corrected chi connectivity index (χ2v) is 6.00. The third-order valence-electron chi connectivity index (χ3n) is 4.27. The molecule has 1 N–H and O–H groups in total. The lowest BCUT2D eigenvalue weighted by atomic mass is 10.1. The zero-order valence-electron chi connectivity index (χ0n) is 14.1. The van der Waals surface area contributed by atoms with Gasteiger partial charge in [-0.25, -0.2) is 4.98 Å². The molecule has 0 spiro atoms. The number of amides is 1. The quantitative estimate of drug-likeness (QED) is 0.780. The van der Waals surface area contributed by atoms with Crippen molar-refractivity contribution in [2.75, 3.05) is 13.2 Å². The number of pyridine rings is 1. The van der Waals surface area contributed by atoms with Crippen LogP contribution in [-0.2, 0) is 0 Å². The number of hydrogen-bond donors (Lipinski definition) is 1. The van der Waals surface area contributed by atoms with Crippen molar-refractivity contribution in [1.29, 1.82) is 0 Å². The molecule has 0 radical (unpaired) electrons. The molecular weight excluding hydrogens is 334 g/mol. The first-order valence-electron chi connectivity index (χ1n) is 8.30. The van der Waals surface area contributed by atoms with Gasteiger partial charge in [0.05, 0.1) is 6.04 Å². The normalized spacial score (nSPS) is 14.0. The van der Waals surface area contributed by atoms with E-state index in [4.69, 9.17) is 9.47 Å². The summed E-state index contributed by atoms with van der Waals surface area (Å²) in [7, 11) is 0. The molecule has 132 valence electrons. The second kappa shape index (κ2) is 6.51. The standard InChI is InChI=1S/C19H17N3O4/c1-12(13-5-6-15-16(10-13)26-9-8-25-15)21-18(23)14-11-20-17-4-2-3-7-22(17)19(14)24/h2-7,10-12H,8-9H2,1H3,(H,21,23). The first kappa shape index (κ1) is 16.1. The summed E-state index contributed by atoms with van der Waals surface area (Å²) in [5, 5.41) is 2.84. The summed E-state index contributed by atoms with van der Waals surface area (Å²) in [4.78, 5) is 29.2. The van der Waals surface area contributed by atoms with Gasteiger partial charge >= 0.3 is 0 Å². The van der Waals surface area contributed by atoms with Crippen molar-refractivity contribution >= 4 is 11.6 Å². The first-order chi connectivity index (χ1) is 12.6. The molecule has 26 heavy (non-hydrogen) atoms. The van der Waals surface area contributed by atoms with Crippen LogP contribution in [0.5, 0.6) is 11.5 Å². The van der Waals surface area contributed by atoms with Crippen molar-refractivity contribution in [1.82, 2.24) is 14.7 Å². The summed E-state index contributed by atoms with van der Waals surface area (Å²) in [6, 6.07) is 10.4. The number of nitrogens with one attached hydrogen (secondary N) is 1. The van der Waals surface area contributed by atoms with Gasteiger partial charge < -0.3 is 14.8 Å². The van der Waals surface area contributed by atoms with E-state index < -0.39 is 11.5 Å². The van der Waals surface area contributed by atoms with Gasteiger partial charge in [-0.3, -0.25) is 14.0 Å². The summed E-state index contributed by atoms with van der Waals surface area (Å²) < 4.78 is 12.4. The van der Waals surface area contributed by atoms with Gasteiger partial charge in [0.1, 0.15) is 24.4 Å². The molecular formula is C19H17N3O4. The maximum Gasteiger partial charge on any atom is 0.270 e. The van der Waals surface area contributed by atoms with Crippen molar-refractivity contribution < 1.29 is 14.3 Å². The zero-order chi connectivity index (χ0) is 18.1. The molecule has 1 atom stereocenters. The van der Waals surface area contributed by atoms with Gasteiger partial charge in [0.15, 0.2) is 11.5 Å². The highest BCUT2D eigenvalue weighted by molar-refractivity contribution is 5.94. The summed E-state index contributed by atoms with van der Waals surface area (Å²) >= 11 is 0. The summed E-state index contributed by atoms with van der Waals surface area (Å²) in [6.07, 6.45) is 2.90. The van der Waals surface area contributed by atoms with E-state index in [0.29, 0.717) is 30.4 Å². The summed E-state index contributed by atoms with van der Waals surface area (Å²) in [5.41, 5.74) is 0.950. The van der Waals surface area contributed by atoms with Gasteiger partial charge in [0, 0.05) is 12.4 Å². The molecule has 2 aromatic heterocycles. The van der Waals surface area contributed by atoms with E-state index in [1.165, 1.54) is 10.6 Å². The number of hydrogen-bond acceptors (Lipinski definition) is 5. The van der Waals surface area contributed by atoms with Crippen molar-refractivity contribution in [3.63, 3.8) is 0 Å². The summed E-state index contributed by atoms with van der Waals surface area (Å²) in [5.74, 6) is 0.876. The van der Waals surface area contributed by atoms with Gasteiger partial charge in [-0.05, 0) is 36.8 Å². The van der Waals surface area contributed by atoms with Crippen LogP contribution in [0.2, 0.25) is 0 Å². The van der Waals surface area contributed by atoms with Crippen LogP contribution in [0.15, 0.2) is 53.6 Å². The Kier molecular flexibility index (Phi) is 4.04. The van der Waals surface area contributed by atoms with Crippen LogP contribution < -0.4 is 20.3 Å². The van der Waals surface area contributed by atoms with Crippen LogP contribution in [0.1, 0.15) is 28.9 Å². The number of nitrogens with zero attached hydrogens (tertiary/aromatic N) is 2.